The van der Waals surface area contributed by atoms with Crippen molar-refractivity contribution in [1.82, 2.24) is 10.6 Å². The maximum Gasteiger partial charge on any atom is 0.234 e. The number of hydrogen-bond donors (Lipinski definition) is 2. The van der Waals surface area contributed by atoms with Crippen molar-refractivity contribution < 1.29 is 9.53 Å². The van der Waals surface area contributed by atoms with Gasteiger partial charge in [0.05, 0.1) is 19.2 Å². The third-order valence-electron chi connectivity index (χ3n) is 2.35. The Hall–Kier alpha value is -0.610. The van der Waals surface area contributed by atoms with Gasteiger partial charge in [-0.1, -0.05) is 6.92 Å². The molecule has 4 heteroatoms. The molecule has 0 aromatic heterocycles. The van der Waals surface area contributed by atoms with E-state index in [1.165, 1.54) is 12.8 Å². The van der Waals surface area contributed by atoms with Crippen molar-refractivity contribution in [3.8, 4) is 0 Å². The first kappa shape index (κ1) is 11.5. The molecular weight excluding hydrogens is 180 g/mol. The lowest BCUT2D eigenvalue weighted by Gasteiger charge is -2.15. The van der Waals surface area contributed by atoms with Gasteiger partial charge >= 0.3 is 0 Å². The normalized spacial score (nSPS) is 17.9. The van der Waals surface area contributed by atoms with Crippen LogP contribution >= 0.6 is 0 Å². The summed E-state index contributed by atoms with van der Waals surface area (Å²) in [5.74, 6) is 0.0702. The van der Waals surface area contributed by atoms with Crippen molar-refractivity contribution >= 4 is 5.91 Å². The van der Waals surface area contributed by atoms with Crippen LogP contribution in [0.3, 0.4) is 0 Å². The fourth-order valence-electron chi connectivity index (χ4n) is 1.27. The molecule has 4 nitrogen and oxygen atoms in total. The van der Waals surface area contributed by atoms with Crippen LogP contribution in [0.25, 0.3) is 0 Å². The largest absolute Gasteiger partial charge is 0.383 e. The van der Waals surface area contributed by atoms with Crippen molar-refractivity contribution in [3.05, 3.63) is 0 Å². The molecule has 1 saturated carbocycles. The molecular formula is C10H20N2O2. The van der Waals surface area contributed by atoms with Gasteiger partial charge in [-0.3, -0.25) is 4.79 Å². The predicted octanol–water partition coefficient (Wildman–Crippen LogP) is 0.280. The van der Waals surface area contributed by atoms with Crippen molar-refractivity contribution in [2.24, 2.45) is 0 Å². The Bertz CT molecular complexity index is 181. The number of nitrogens with one attached hydrogen (secondary N) is 2. The summed E-state index contributed by atoms with van der Waals surface area (Å²) >= 11 is 0. The zero-order chi connectivity index (χ0) is 10.4. The maximum atomic E-state index is 11.4. The van der Waals surface area contributed by atoms with Crippen molar-refractivity contribution in [1.29, 1.82) is 0 Å². The summed E-state index contributed by atoms with van der Waals surface area (Å²) in [6.07, 6.45) is 3.33. The Balaban J connectivity index is 2.09. The van der Waals surface area contributed by atoms with Crippen LogP contribution in [0.1, 0.15) is 26.2 Å². The van der Waals surface area contributed by atoms with Gasteiger partial charge in [-0.05, 0) is 19.3 Å². The molecule has 1 amide bonds. The lowest BCUT2D eigenvalue weighted by atomic mass is 10.2. The van der Waals surface area contributed by atoms with E-state index in [1.807, 2.05) is 6.92 Å². The van der Waals surface area contributed by atoms with E-state index in [0.29, 0.717) is 19.2 Å². The van der Waals surface area contributed by atoms with Gasteiger partial charge < -0.3 is 15.4 Å². The zero-order valence-electron chi connectivity index (χ0n) is 9.01. The summed E-state index contributed by atoms with van der Waals surface area (Å²) in [5.41, 5.74) is 0. The molecule has 0 aromatic carbocycles. The highest BCUT2D eigenvalue weighted by molar-refractivity contribution is 5.78. The average molecular weight is 200 g/mol. The van der Waals surface area contributed by atoms with Gasteiger partial charge in [-0.2, -0.15) is 0 Å². The van der Waals surface area contributed by atoms with E-state index >= 15 is 0 Å². The van der Waals surface area contributed by atoms with Crippen LogP contribution in [0.15, 0.2) is 0 Å². The molecule has 0 radical (unpaired) electrons. The van der Waals surface area contributed by atoms with Crippen LogP contribution in [0.2, 0.25) is 0 Å². The van der Waals surface area contributed by atoms with Crippen molar-refractivity contribution in [3.63, 3.8) is 0 Å². The summed E-state index contributed by atoms with van der Waals surface area (Å²) < 4.78 is 5.00. The van der Waals surface area contributed by atoms with E-state index in [-0.39, 0.29) is 11.9 Å². The summed E-state index contributed by atoms with van der Waals surface area (Å²) in [6, 6.07) is 0.733. The minimum Gasteiger partial charge on any atom is -0.383 e. The summed E-state index contributed by atoms with van der Waals surface area (Å²) in [5, 5.41) is 6.10. The lowest BCUT2D eigenvalue weighted by Crippen LogP contribution is -2.42. The SMILES string of the molecule is CCC(COC)NC(=O)CNC1CC1. The van der Waals surface area contributed by atoms with E-state index < -0.39 is 0 Å². The van der Waals surface area contributed by atoms with Gasteiger partial charge in [-0.25, -0.2) is 0 Å². The molecule has 0 spiro atoms. The highest BCUT2D eigenvalue weighted by Gasteiger charge is 2.21. The standard InChI is InChI=1S/C10H20N2O2/c1-3-8(7-14-2)12-10(13)6-11-9-4-5-9/h8-9,11H,3-7H2,1-2H3,(H,12,13). The topological polar surface area (TPSA) is 50.4 Å². The number of rotatable bonds is 7. The maximum absolute atomic E-state index is 11.4. The Morgan fingerprint density at radius 1 is 1.57 bits per heavy atom. The number of amides is 1. The number of methoxy groups -OCH3 is 1. The van der Waals surface area contributed by atoms with Crippen molar-refractivity contribution in [2.75, 3.05) is 20.3 Å². The monoisotopic (exact) mass is 200 g/mol. The first-order chi connectivity index (χ1) is 6.76. The Morgan fingerprint density at radius 2 is 2.29 bits per heavy atom. The molecule has 14 heavy (non-hydrogen) atoms. The quantitative estimate of drug-likeness (QED) is 0.620. The van der Waals surface area contributed by atoms with Crippen LogP contribution in [0.5, 0.6) is 0 Å². The van der Waals surface area contributed by atoms with Crippen molar-refractivity contribution in [2.45, 2.75) is 38.3 Å². The molecule has 2 N–H and O–H groups in total. The molecule has 0 aliphatic heterocycles. The highest BCUT2D eigenvalue weighted by Crippen LogP contribution is 2.17. The predicted molar refractivity (Wildman–Crippen MR) is 55.1 cm³/mol. The van der Waals surface area contributed by atoms with Gasteiger partial charge in [0, 0.05) is 13.2 Å². The van der Waals surface area contributed by atoms with E-state index in [0.717, 1.165) is 6.42 Å². The van der Waals surface area contributed by atoms with Crippen LogP contribution < -0.4 is 10.6 Å². The third kappa shape index (κ3) is 4.58. The molecule has 0 saturated heterocycles. The minimum absolute atomic E-state index is 0.0702. The minimum atomic E-state index is 0.0702. The molecule has 1 atom stereocenters. The molecule has 0 bridgehead atoms. The second-order valence-electron chi connectivity index (χ2n) is 3.78. The van der Waals surface area contributed by atoms with Gasteiger partial charge in [0.1, 0.15) is 0 Å². The van der Waals surface area contributed by atoms with E-state index in [2.05, 4.69) is 10.6 Å². The molecule has 1 fully saturated rings. The number of carbonyl (C=O) groups is 1. The van der Waals surface area contributed by atoms with Gasteiger partial charge in [-0.15, -0.1) is 0 Å². The summed E-state index contributed by atoms with van der Waals surface area (Å²) in [6.45, 7) is 3.06. The molecule has 0 heterocycles. The second kappa shape index (κ2) is 5.98. The summed E-state index contributed by atoms with van der Waals surface area (Å²) in [4.78, 5) is 11.4. The Labute approximate surface area is 85.4 Å². The first-order valence-electron chi connectivity index (χ1n) is 5.28. The Kier molecular flexibility index (Phi) is 4.90. The molecule has 1 aliphatic rings. The number of hydrogen-bond acceptors (Lipinski definition) is 3. The van der Waals surface area contributed by atoms with E-state index in [9.17, 15) is 4.79 Å². The van der Waals surface area contributed by atoms with E-state index in [4.69, 9.17) is 4.74 Å². The Morgan fingerprint density at radius 3 is 2.79 bits per heavy atom. The molecule has 0 aromatic rings. The summed E-state index contributed by atoms with van der Waals surface area (Å²) in [7, 11) is 1.65. The third-order valence-corrected chi connectivity index (χ3v) is 2.35. The van der Waals surface area contributed by atoms with Crippen LogP contribution in [0, 0.1) is 0 Å². The van der Waals surface area contributed by atoms with Gasteiger partial charge in [0.2, 0.25) is 5.91 Å². The smallest absolute Gasteiger partial charge is 0.234 e. The molecule has 1 aliphatic carbocycles. The van der Waals surface area contributed by atoms with Crippen LogP contribution in [-0.4, -0.2) is 38.3 Å². The molecule has 1 unspecified atom stereocenters. The number of ether oxygens (including phenoxy) is 1. The fourth-order valence-corrected chi connectivity index (χ4v) is 1.27. The number of carbonyl (C=O) groups excluding carboxylic acids is 1. The first-order valence-corrected chi connectivity index (χ1v) is 5.28. The van der Waals surface area contributed by atoms with E-state index in [1.54, 1.807) is 7.11 Å². The zero-order valence-corrected chi connectivity index (χ0v) is 9.01. The fraction of sp³-hybridized carbons (Fsp3) is 0.900. The molecule has 82 valence electrons. The lowest BCUT2D eigenvalue weighted by molar-refractivity contribution is -0.121. The van der Waals surface area contributed by atoms with Gasteiger partial charge in [0.15, 0.2) is 0 Å². The van der Waals surface area contributed by atoms with Crippen LogP contribution in [-0.2, 0) is 9.53 Å². The van der Waals surface area contributed by atoms with Gasteiger partial charge in [0.25, 0.3) is 0 Å². The second-order valence-corrected chi connectivity index (χ2v) is 3.78. The highest BCUT2D eigenvalue weighted by atomic mass is 16.5. The molecule has 1 rings (SSSR count). The van der Waals surface area contributed by atoms with Crippen LogP contribution in [0.4, 0.5) is 0 Å². The average Bonchev–Trinajstić information content (AvgIpc) is 2.97.